The number of thioether (sulfide) groups is 1. The van der Waals surface area contributed by atoms with Crippen LogP contribution in [-0.2, 0) is 22.5 Å². The number of esters is 1. The highest BCUT2D eigenvalue weighted by atomic mass is 32.2. The molecule has 1 atom stereocenters. The van der Waals surface area contributed by atoms with Crippen molar-refractivity contribution in [2.24, 2.45) is 11.7 Å². The Morgan fingerprint density at radius 2 is 2.11 bits per heavy atom. The van der Waals surface area contributed by atoms with Crippen LogP contribution in [-0.4, -0.2) is 39.6 Å². The van der Waals surface area contributed by atoms with Crippen LogP contribution < -0.4 is 5.73 Å². The molecule has 1 rings (SSSR count). The van der Waals surface area contributed by atoms with E-state index in [-0.39, 0.29) is 11.2 Å². The fourth-order valence-corrected chi connectivity index (χ4v) is 2.54. The summed E-state index contributed by atoms with van der Waals surface area (Å²) in [7, 11) is 1.39. The second-order valence-corrected chi connectivity index (χ2v) is 6.03. The quantitative estimate of drug-likeness (QED) is 0.597. The van der Waals surface area contributed by atoms with Gasteiger partial charge in [0.1, 0.15) is 11.1 Å². The van der Waals surface area contributed by atoms with Crippen LogP contribution in [0.1, 0.15) is 26.6 Å². The summed E-state index contributed by atoms with van der Waals surface area (Å²) in [5.41, 5.74) is 5.58. The van der Waals surface area contributed by atoms with Crippen molar-refractivity contribution < 1.29 is 9.53 Å². The summed E-state index contributed by atoms with van der Waals surface area (Å²) in [5, 5.41) is 8.76. The summed E-state index contributed by atoms with van der Waals surface area (Å²) >= 11 is 1.37. The van der Waals surface area contributed by atoms with Crippen LogP contribution in [0.15, 0.2) is 5.16 Å². The van der Waals surface area contributed by atoms with Crippen molar-refractivity contribution in [1.29, 1.82) is 0 Å². The molecule has 1 aromatic heterocycles. The maximum absolute atomic E-state index is 11.5. The fourth-order valence-electron chi connectivity index (χ4n) is 1.64. The summed E-state index contributed by atoms with van der Waals surface area (Å²) in [6.45, 7) is 7.41. The fraction of sp³-hybridized carbons (Fsp3) is 0.750. The maximum Gasteiger partial charge on any atom is 0.318 e. The number of hydrogen-bond acceptors (Lipinski definition) is 6. The summed E-state index contributed by atoms with van der Waals surface area (Å²) in [6, 6.07) is 0. The molecule has 0 fully saturated rings. The van der Waals surface area contributed by atoms with E-state index in [1.807, 2.05) is 4.57 Å². The second kappa shape index (κ2) is 7.49. The molecule has 19 heavy (non-hydrogen) atoms. The molecule has 2 N–H and O–H groups in total. The van der Waals surface area contributed by atoms with Gasteiger partial charge in [-0.15, -0.1) is 10.2 Å². The first kappa shape index (κ1) is 16.0. The van der Waals surface area contributed by atoms with E-state index in [0.717, 1.165) is 17.5 Å². The van der Waals surface area contributed by atoms with Crippen molar-refractivity contribution in [1.82, 2.24) is 14.8 Å². The van der Waals surface area contributed by atoms with Gasteiger partial charge in [-0.2, -0.15) is 0 Å². The molecule has 0 aliphatic rings. The predicted molar refractivity (Wildman–Crippen MR) is 75.0 cm³/mol. The predicted octanol–water partition coefficient (Wildman–Crippen LogP) is 1.09. The number of nitrogens with two attached hydrogens (primary N) is 1. The van der Waals surface area contributed by atoms with E-state index >= 15 is 0 Å². The Bertz CT molecular complexity index is 420. The Morgan fingerprint density at radius 1 is 1.42 bits per heavy atom. The molecule has 0 saturated carbocycles. The highest BCUT2D eigenvalue weighted by Gasteiger charge is 2.20. The number of methoxy groups -OCH3 is 1. The lowest BCUT2D eigenvalue weighted by molar-refractivity contribution is -0.139. The van der Waals surface area contributed by atoms with E-state index in [1.165, 1.54) is 18.9 Å². The third-order valence-electron chi connectivity index (χ3n) is 2.52. The summed E-state index contributed by atoms with van der Waals surface area (Å²) in [5.74, 6) is 1.08. The first-order valence-corrected chi connectivity index (χ1v) is 7.24. The van der Waals surface area contributed by atoms with Crippen LogP contribution >= 0.6 is 11.8 Å². The topological polar surface area (TPSA) is 83.0 Å². The molecule has 1 unspecified atom stereocenters. The molecule has 0 amide bonds. The normalized spacial score (nSPS) is 12.7. The van der Waals surface area contributed by atoms with Crippen LogP contribution in [0, 0.1) is 5.92 Å². The van der Waals surface area contributed by atoms with Crippen LogP contribution in [0.25, 0.3) is 0 Å². The molecule has 7 heteroatoms. The van der Waals surface area contributed by atoms with Gasteiger partial charge in [-0.3, -0.25) is 4.79 Å². The molecule has 0 aromatic carbocycles. The van der Waals surface area contributed by atoms with Gasteiger partial charge < -0.3 is 15.0 Å². The van der Waals surface area contributed by atoms with Crippen LogP contribution in [0.2, 0.25) is 0 Å². The minimum absolute atomic E-state index is 0.260. The van der Waals surface area contributed by atoms with Crippen LogP contribution in [0.5, 0.6) is 0 Å². The van der Waals surface area contributed by atoms with Crippen molar-refractivity contribution in [2.75, 3.05) is 13.7 Å². The average Bonchev–Trinajstić information content (AvgIpc) is 2.71. The first-order valence-electron chi connectivity index (χ1n) is 6.36. The minimum Gasteiger partial charge on any atom is -0.468 e. The molecular formula is C12H22N4O2S. The van der Waals surface area contributed by atoms with Crippen molar-refractivity contribution in [3.8, 4) is 0 Å². The zero-order valence-corrected chi connectivity index (χ0v) is 12.7. The standard InChI is InChI=1S/C12H22N4O2S/c1-8(2)7-16-10(5-6-13)14-15-12(16)19-9(3)11(17)18-4/h8-9H,5-7,13H2,1-4H3. The number of nitrogens with zero attached hydrogens (tertiary/aromatic N) is 3. The third-order valence-corrected chi connectivity index (χ3v) is 3.58. The lowest BCUT2D eigenvalue weighted by Gasteiger charge is -2.13. The van der Waals surface area contributed by atoms with E-state index in [2.05, 4.69) is 24.0 Å². The third kappa shape index (κ3) is 4.50. The first-order chi connectivity index (χ1) is 8.99. The number of hydrogen-bond donors (Lipinski definition) is 1. The van der Waals surface area contributed by atoms with Gasteiger partial charge in [-0.1, -0.05) is 25.6 Å². The molecule has 1 aromatic rings. The minimum atomic E-state index is -0.300. The van der Waals surface area contributed by atoms with Gasteiger partial charge >= 0.3 is 5.97 Å². The molecular weight excluding hydrogens is 264 g/mol. The molecule has 0 spiro atoms. The van der Waals surface area contributed by atoms with Gasteiger partial charge in [0, 0.05) is 13.0 Å². The Labute approximate surface area is 118 Å². The van der Waals surface area contributed by atoms with Gasteiger partial charge in [-0.05, 0) is 19.4 Å². The molecule has 1 heterocycles. The Hall–Kier alpha value is -1.08. The second-order valence-electron chi connectivity index (χ2n) is 4.73. The van der Waals surface area contributed by atoms with Crippen molar-refractivity contribution in [2.45, 2.75) is 44.1 Å². The Kier molecular flexibility index (Phi) is 6.30. The van der Waals surface area contributed by atoms with Crippen molar-refractivity contribution in [3.05, 3.63) is 5.82 Å². The zero-order valence-electron chi connectivity index (χ0n) is 11.9. The van der Waals surface area contributed by atoms with E-state index in [9.17, 15) is 4.79 Å². The molecule has 6 nitrogen and oxygen atoms in total. The lowest BCUT2D eigenvalue weighted by Crippen LogP contribution is -2.17. The Balaban J connectivity index is 2.90. The highest BCUT2D eigenvalue weighted by Crippen LogP contribution is 2.24. The molecule has 0 radical (unpaired) electrons. The Morgan fingerprint density at radius 3 is 2.63 bits per heavy atom. The highest BCUT2D eigenvalue weighted by molar-refractivity contribution is 8.00. The van der Waals surface area contributed by atoms with Gasteiger partial charge in [-0.25, -0.2) is 0 Å². The number of rotatable bonds is 7. The smallest absolute Gasteiger partial charge is 0.318 e. The SMILES string of the molecule is COC(=O)C(C)Sc1nnc(CCN)n1CC(C)C. The van der Waals surface area contributed by atoms with Gasteiger partial charge in [0.25, 0.3) is 0 Å². The van der Waals surface area contributed by atoms with Crippen LogP contribution in [0.3, 0.4) is 0 Å². The largest absolute Gasteiger partial charge is 0.468 e. The molecule has 0 aliphatic carbocycles. The number of aromatic nitrogens is 3. The summed E-state index contributed by atoms with van der Waals surface area (Å²) in [4.78, 5) is 11.5. The van der Waals surface area contributed by atoms with Gasteiger partial charge in [0.15, 0.2) is 5.16 Å². The molecule has 0 bridgehead atoms. The average molecular weight is 286 g/mol. The summed E-state index contributed by atoms with van der Waals surface area (Å²) in [6.07, 6.45) is 0.687. The summed E-state index contributed by atoms with van der Waals surface area (Å²) < 4.78 is 6.77. The van der Waals surface area contributed by atoms with E-state index in [0.29, 0.717) is 18.9 Å². The molecule has 108 valence electrons. The van der Waals surface area contributed by atoms with E-state index in [4.69, 9.17) is 10.5 Å². The lowest BCUT2D eigenvalue weighted by atomic mass is 10.2. The number of ether oxygens (including phenoxy) is 1. The van der Waals surface area contributed by atoms with E-state index < -0.39 is 0 Å². The monoisotopic (exact) mass is 286 g/mol. The van der Waals surface area contributed by atoms with Crippen molar-refractivity contribution in [3.63, 3.8) is 0 Å². The van der Waals surface area contributed by atoms with Crippen molar-refractivity contribution >= 4 is 17.7 Å². The zero-order chi connectivity index (χ0) is 14.4. The maximum atomic E-state index is 11.5. The van der Waals surface area contributed by atoms with Gasteiger partial charge in [0.2, 0.25) is 0 Å². The molecule has 0 saturated heterocycles. The number of carbonyl (C=O) groups excluding carboxylic acids is 1. The van der Waals surface area contributed by atoms with E-state index in [1.54, 1.807) is 6.92 Å². The van der Waals surface area contributed by atoms with Gasteiger partial charge in [0.05, 0.1) is 7.11 Å². The number of carbonyl (C=O) groups is 1. The molecule has 0 aliphatic heterocycles. The van der Waals surface area contributed by atoms with Crippen LogP contribution in [0.4, 0.5) is 0 Å².